The number of likely N-dealkylation sites (N-methyl/N-ethyl adjacent to an activating group) is 1. The second-order valence-electron chi connectivity index (χ2n) is 6.86. The molecule has 1 heterocycles. The van der Waals surface area contributed by atoms with Gasteiger partial charge in [0.05, 0.1) is 30.5 Å². The lowest BCUT2D eigenvalue weighted by atomic mass is 10.2. The molecule has 0 aliphatic carbocycles. The van der Waals surface area contributed by atoms with Gasteiger partial charge >= 0.3 is 0 Å². The summed E-state index contributed by atoms with van der Waals surface area (Å²) in [5.41, 5.74) is -0.456. The fourth-order valence-electron chi connectivity index (χ4n) is 2.99. The van der Waals surface area contributed by atoms with Crippen molar-refractivity contribution < 1.29 is 27.5 Å². The number of morpholine rings is 1. The van der Waals surface area contributed by atoms with Crippen molar-refractivity contribution in [2.75, 3.05) is 32.0 Å². The normalized spacial score (nSPS) is 21.3. The molecular weight excluding hydrogens is 363 g/mol. The maximum Gasteiger partial charge on any atom is 0.239 e. The highest BCUT2D eigenvalue weighted by atomic mass is 19.2. The first-order valence-corrected chi connectivity index (χ1v) is 8.68. The van der Waals surface area contributed by atoms with Crippen molar-refractivity contribution in [1.82, 2.24) is 9.80 Å². The third kappa shape index (κ3) is 5.20. The van der Waals surface area contributed by atoms with Crippen LogP contribution in [0.25, 0.3) is 0 Å². The van der Waals surface area contributed by atoms with Crippen molar-refractivity contribution in [3.63, 3.8) is 0 Å². The Labute approximate surface area is 156 Å². The maximum atomic E-state index is 13.6. The van der Waals surface area contributed by atoms with Crippen molar-refractivity contribution in [3.05, 3.63) is 29.6 Å². The van der Waals surface area contributed by atoms with Gasteiger partial charge in [0, 0.05) is 13.1 Å². The van der Waals surface area contributed by atoms with E-state index in [4.69, 9.17) is 4.74 Å². The lowest BCUT2D eigenvalue weighted by Gasteiger charge is -2.38. The second-order valence-corrected chi connectivity index (χ2v) is 6.86. The van der Waals surface area contributed by atoms with Crippen molar-refractivity contribution in [2.24, 2.45) is 0 Å². The zero-order valence-corrected chi connectivity index (χ0v) is 15.8. The number of hydrogen-bond donors (Lipinski definition) is 1. The van der Waals surface area contributed by atoms with E-state index >= 15 is 0 Å². The summed E-state index contributed by atoms with van der Waals surface area (Å²) in [6.45, 7) is 6.14. The summed E-state index contributed by atoms with van der Waals surface area (Å²) >= 11 is 0. The SMILES string of the molecule is C[C@@H]1CN(C(=O)[C@H](C)N(C)CC(=O)Nc2ccc(F)c(F)c2F)C[C@H](C)O1. The van der Waals surface area contributed by atoms with Gasteiger partial charge in [-0.1, -0.05) is 0 Å². The molecule has 0 bridgehead atoms. The average Bonchev–Trinajstić information content (AvgIpc) is 2.60. The number of nitrogens with zero attached hydrogens (tertiary/aromatic N) is 2. The first-order valence-electron chi connectivity index (χ1n) is 8.68. The predicted molar refractivity (Wildman–Crippen MR) is 93.6 cm³/mol. The van der Waals surface area contributed by atoms with Crippen molar-refractivity contribution in [2.45, 2.75) is 39.0 Å². The van der Waals surface area contributed by atoms with Crippen LogP contribution in [0.4, 0.5) is 18.9 Å². The number of anilines is 1. The molecule has 1 aromatic rings. The number of carbonyl (C=O) groups excluding carboxylic acids is 2. The van der Waals surface area contributed by atoms with Gasteiger partial charge in [-0.2, -0.15) is 0 Å². The van der Waals surface area contributed by atoms with Crippen LogP contribution in [0.3, 0.4) is 0 Å². The van der Waals surface area contributed by atoms with Crippen LogP contribution in [0.15, 0.2) is 12.1 Å². The number of amides is 2. The van der Waals surface area contributed by atoms with Crippen LogP contribution in [-0.4, -0.2) is 66.5 Å². The number of halogens is 3. The van der Waals surface area contributed by atoms with E-state index in [0.717, 1.165) is 12.1 Å². The monoisotopic (exact) mass is 387 g/mol. The molecule has 2 rings (SSSR count). The van der Waals surface area contributed by atoms with E-state index in [9.17, 15) is 22.8 Å². The van der Waals surface area contributed by atoms with Crippen molar-refractivity contribution in [1.29, 1.82) is 0 Å². The highest BCUT2D eigenvalue weighted by Gasteiger charge is 2.30. The summed E-state index contributed by atoms with van der Waals surface area (Å²) in [6.07, 6.45) is -0.148. The fraction of sp³-hybridized carbons (Fsp3) is 0.556. The van der Waals surface area contributed by atoms with Gasteiger partial charge in [0.15, 0.2) is 17.5 Å². The lowest BCUT2D eigenvalue weighted by Crippen LogP contribution is -2.54. The number of hydrogen-bond acceptors (Lipinski definition) is 4. The smallest absolute Gasteiger partial charge is 0.239 e. The molecule has 0 saturated carbocycles. The van der Waals surface area contributed by atoms with Gasteiger partial charge in [0.1, 0.15) is 0 Å². The predicted octanol–water partition coefficient (Wildman–Crippen LogP) is 2.00. The molecule has 150 valence electrons. The summed E-state index contributed by atoms with van der Waals surface area (Å²) in [7, 11) is 1.58. The van der Waals surface area contributed by atoms with Crippen molar-refractivity contribution >= 4 is 17.5 Å². The number of nitrogens with one attached hydrogen (secondary N) is 1. The zero-order valence-electron chi connectivity index (χ0n) is 15.8. The Morgan fingerprint density at radius 1 is 1.22 bits per heavy atom. The number of benzene rings is 1. The molecule has 0 unspecified atom stereocenters. The lowest BCUT2D eigenvalue weighted by molar-refractivity contribution is -0.148. The third-order valence-corrected chi connectivity index (χ3v) is 4.45. The van der Waals surface area contributed by atoms with Crippen LogP contribution in [-0.2, 0) is 14.3 Å². The standard InChI is InChI=1S/C18H24F3N3O3/c1-10-7-24(8-11(2)27-10)18(26)12(3)23(4)9-15(25)22-14-6-5-13(19)16(20)17(14)21/h5-6,10-12H,7-9H2,1-4H3,(H,22,25)/t10-,11+,12-/m0/s1. The second kappa shape index (κ2) is 8.71. The minimum atomic E-state index is -1.65. The Morgan fingerprint density at radius 2 is 1.81 bits per heavy atom. The minimum absolute atomic E-state index is 0.0742. The first-order chi connectivity index (χ1) is 12.6. The molecule has 1 N–H and O–H groups in total. The topological polar surface area (TPSA) is 61.9 Å². The van der Waals surface area contributed by atoms with Crippen LogP contribution in [0.2, 0.25) is 0 Å². The molecule has 3 atom stereocenters. The number of ether oxygens (including phenoxy) is 1. The largest absolute Gasteiger partial charge is 0.372 e. The van der Waals surface area contributed by atoms with Gasteiger partial charge in [0.2, 0.25) is 11.8 Å². The first kappa shape index (κ1) is 21.2. The van der Waals surface area contributed by atoms with Gasteiger partial charge in [-0.25, -0.2) is 13.2 Å². The zero-order chi connectivity index (χ0) is 20.3. The van der Waals surface area contributed by atoms with Gasteiger partial charge < -0.3 is 15.0 Å². The van der Waals surface area contributed by atoms with Crippen LogP contribution in [0.1, 0.15) is 20.8 Å². The Bertz CT molecular complexity index is 707. The Kier molecular flexibility index (Phi) is 6.83. The quantitative estimate of drug-likeness (QED) is 0.785. The molecule has 1 saturated heterocycles. The molecule has 1 aliphatic rings. The molecule has 1 aromatic carbocycles. The molecule has 0 aromatic heterocycles. The highest BCUT2D eigenvalue weighted by Crippen LogP contribution is 2.19. The highest BCUT2D eigenvalue weighted by molar-refractivity contribution is 5.93. The summed E-state index contributed by atoms with van der Waals surface area (Å²) in [4.78, 5) is 27.9. The van der Waals surface area contributed by atoms with Crippen LogP contribution < -0.4 is 5.32 Å². The Hall–Kier alpha value is -2.13. The van der Waals surface area contributed by atoms with E-state index in [-0.39, 0.29) is 24.7 Å². The molecule has 6 nitrogen and oxygen atoms in total. The summed E-state index contributed by atoms with van der Waals surface area (Å²) in [5.74, 6) is -5.25. The summed E-state index contributed by atoms with van der Waals surface area (Å²) in [5, 5.41) is 2.19. The summed E-state index contributed by atoms with van der Waals surface area (Å²) < 4.78 is 45.4. The minimum Gasteiger partial charge on any atom is -0.372 e. The number of rotatable bonds is 5. The number of carbonyl (C=O) groups is 2. The molecule has 9 heteroatoms. The van der Waals surface area contributed by atoms with Gasteiger partial charge in [0.25, 0.3) is 0 Å². The molecule has 1 aliphatic heterocycles. The van der Waals surface area contributed by atoms with Crippen LogP contribution in [0, 0.1) is 17.5 Å². The fourth-order valence-corrected chi connectivity index (χ4v) is 2.99. The third-order valence-electron chi connectivity index (χ3n) is 4.45. The van der Waals surface area contributed by atoms with E-state index in [1.165, 1.54) is 4.90 Å². The van der Waals surface area contributed by atoms with Gasteiger partial charge in [-0.05, 0) is 40.0 Å². The molecule has 2 amide bonds. The Morgan fingerprint density at radius 3 is 2.41 bits per heavy atom. The maximum absolute atomic E-state index is 13.6. The molecule has 27 heavy (non-hydrogen) atoms. The van der Waals surface area contributed by atoms with E-state index < -0.39 is 35.1 Å². The van der Waals surface area contributed by atoms with Crippen LogP contribution >= 0.6 is 0 Å². The van der Waals surface area contributed by atoms with E-state index in [1.807, 2.05) is 13.8 Å². The van der Waals surface area contributed by atoms with Crippen LogP contribution in [0.5, 0.6) is 0 Å². The van der Waals surface area contributed by atoms with Gasteiger partial charge in [-0.15, -0.1) is 0 Å². The molecule has 0 radical (unpaired) electrons. The van der Waals surface area contributed by atoms with E-state index in [1.54, 1.807) is 18.9 Å². The summed E-state index contributed by atoms with van der Waals surface area (Å²) in [6, 6.07) is 1.07. The van der Waals surface area contributed by atoms with E-state index in [0.29, 0.717) is 13.1 Å². The Balaban J connectivity index is 1.95. The van der Waals surface area contributed by atoms with E-state index in [2.05, 4.69) is 5.32 Å². The molecule has 1 fully saturated rings. The molecule has 0 spiro atoms. The van der Waals surface area contributed by atoms with Crippen molar-refractivity contribution in [3.8, 4) is 0 Å². The average molecular weight is 387 g/mol. The van der Waals surface area contributed by atoms with Gasteiger partial charge in [-0.3, -0.25) is 14.5 Å². The molecular formula is C18H24F3N3O3.